The Hall–Kier alpha value is -0.660. The maximum atomic E-state index is 11.9. The average Bonchev–Trinajstić information content (AvgIpc) is 2.96. The lowest BCUT2D eigenvalue weighted by Crippen LogP contribution is -2.40. The van der Waals surface area contributed by atoms with E-state index in [1.807, 2.05) is 6.92 Å². The Morgan fingerprint density at radius 2 is 2.00 bits per heavy atom. The van der Waals surface area contributed by atoms with E-state index in [-0.39, 0.29) is 30.4 Å². The number of nitrogens with one attached hydrogen (secondary N) is 1. The number of carbonyl (C=O) groups is 1. The van der Waals surface area contributed by atoms with Crippen LogP contribution in [0.4, 0.5) is 0 Å². The molecule has 1 saturated carbocycles. The van der Waals surface area contributed by atoms with Gasteiger partial charge in [0.15, 0.2) is 0 Å². The lowest BCUT2D eigenvalue weighted by atomic mass is 9.99. The molecule has 1 aliphatic heterocycles. The van der Waals surface area contributed by atoms with Crippen LogP contribution in [0.15, 0.2) is 0 Å². The van der Waals surface area contributed by atoms with Crippen molar-refractivity contribution in [2.45, 2.75) is 25.8 Å². The number of carbonyl (C=O) groups excluding carboxylic acids is 1. The molecule has 2 rings (SSSR count). The van der Waals surface area contributed by atoms with E-state index in [0.717, 1.165) is 12.8 Å². The summed E-state index contributed by atoms with van der Waals surface area (Å²) >= 11 is 0. The maximum Gasteiger partial charge on any atom is 0.310 e. The van der Waals surface area contributed by atoms with Crippen molar-refractivity contribution in [1.82, 2.24) is 9.03 Å². The first-order chi connectivity index (χ1) is 7.94. The Labute approximate surface area is 101 Å². The van der Waals surface area contributed by atoms with E-state index in [9.17, 15) is 13.2 Å². The van der Waals surface area contributed by atoms with E-state index in [4.69, 9.17) is 0 Å². The second kappa shape index (κ2) is 4.55. The van der Waals surface area contributed by atoms with Crippen molar-refractivity contribution in [2.24, 2.45) is 11.8 Å². The van der Waals surface area contributed by atoms with Gasteiger partial charge in [-0.1, -0.05) is 6.92 Å². The fraction of sp³-hybridized carbons (Fsp3) is 0.900. The van der Waals surface area contributed by atoms with Crippen molar-refractivity contribution in [3.05, 3.63) is 0 Å². The summed E-state index contributed by atoms with van der Waals surface area (Å²) in [6.07, 6.45) is 1.81. The highest BCUT2D eigenvalue weighted by molar-refractivity contribution is 7.87. The van der Waals surface area contributed by atoms with E-state index in [2.05, 4.69) is 9.46 Å². The van der Waals surface area contributed by atoms with Crippen molar-refractivity contribution in [2.75, 3.05) is 20.2 Å². The van der Waals surface area contributed by atoms with Crippen LogP contribution in [-0.4, -0.2) is 44.9 Å². The van der Waals surface area contributed by atoms with Crippen molar-refractivity contribution >= 4 is 16.2 Å². The summed E-state index contributed by atoms with van der Waals surface area (Å²) in [7, 11) is -2.10. The summed E-state index contributed by atoms with van der Waals surface area (Å²) in [5.74, 6) is -0.685. The minimum absolute atomic E-state index is 0.00164. The highest BCUT2D eigenvalue weighted by Crippen LogP contribution is 2.27. The summed E-state index contributed by atoms with van der Waals surface area (Å²) in [5, 5.41) is 0. The van der Waals surface area contributed by atoms with Crippen LogP contribution in [-0.2, 0) is 19.7 Å². The fourth-order valence-corrected chi connectivity index (χ4v) is 3.66. The van der Waals surface area contributed by atoms with Crippen LogP contribution in [0.1, 0.15) is 19.8 Å². The molecule has 1 aliphatic carbocycles. The molecule has 17 heavy (non-hydrogen) atoms. The van der Waals surface area contributed by atoms with Gasteiger partial charge in [-0.25, -0.2) is 0 Å². The molecule has 2 aliphatic rings. The van der Waals surface area contributed by atoms with Crippen molar-refractivity contribution in [3.8, 4) is 0 Å². The monoisotopic (exact) mass is 262 g/mol. The van der Waals surface area contributed by atoms with E-state index < -0.39 is 10.2 Å². The van der Waals surface area contributed by atoms with Gasteiger partial charge >= 0.3 is 5.97 Å². The van der Waals surface area contributed by atoms with Gasteiger partial charge in [0.25, 0.3) is 10.2 Å². The minimum Gasteiger partial charge on any atom is -0.469 e. The van der Waals surface area contributed by atoms with Crippen LogP contribution in [0.3, 0.4) is 0 Å². The molecule has 1 heterocycles. The predicted molar refractivity (Wildman–Crippen MR) is 61.3 cm³/mol. The summed E-state index contributed by atoms with van der Waals surface area (Å²) in [6, 6.07) is 0.0903. The smallest absolute Gasteiger partial charge is 0.310 e. The summed E-state index contributed by atoms with van der Waals surface area (Å²) < 4.78 is 32.5. The molecule has 98 valence electrons. The second-order valence-electron chi connectivity index (χ2n) is 4.82. The molecular weight excluding hydrogens is 244 g/mol. The molecule has 2 unspecified atom stereocenters. The third kappa shape index (κ3) is 2.78. The molecule has 2 atom stereocenters. The van der Waals surface area contributed by atoms with Crippen LogP contribution in [0.5, 0.6) is 0 Å². The predicted octanol–water partition coefficient (Wildman–Crippen LogP) is -0.276. The van der Waals surface area contributed by atoms with Gasteiger partial charge in [-0.15, -0.1) is 0 Å². The molecule has 1 saturated heterocycles. The first kappa shape index (κ1) is 12.8. The van der Waals surface area contributed by atoms with Gasteiger partial charge in [-0.05, 0) is 18.8 Å². The SMILES string of the molecule is COC(=O)C1CN(S(=O)(=O)NC2CC2)CC1C. The van der Waals surface area contributed by atoms with Crippen LogP contribution in [0.2, 0.25) is 0 Å². The molecular formula is C10H18N2O4S. The molecule has 6 nitrogen and oxygen atoms in total. The topological polar surface area (TPSA) is 75.7 Å². The second-order valence-corrected chi connectivity index (χ2v) is 6.52. The molecule has 0 radical (unpaired) electrons. The molecule has 0 spiro atoms. The van der Waals surface area contributed by atoms with Crippen LogP contribution >= 0.6 is 0 Å². The van der Waals surface area contributed by atoms with Crippen LogP contribution < -0.4 is 4.72 Å². The summed E-state index contributed by atoms with van der Waals surface area (Å²) in [4.78, 5) is 11.5. The van der Waals surface area contributed by atoms with Gasteiger partial charge < -0.3 is 4.74 Å². The highest BCUT2D eigenvalue weighted by atomic mass is 32.2. The zero-order chi connectivity index (χ0) is 12.6. The van der Waals surface area contributed by atoms with E-state index in [1.54, 1.807) is 0 Å². The van der Waals surface area contributed by atoms with Gasteiger partial charge in [0.2, 0.25) is 0 Å². The van der Waals surface area contributed by atoms with Gasteiger partial charge in [0.05, 0.1) is 13.0 Å². The largest absolute Gasteiger partial charge is 0.469 e. The average molecular weight is 262 g/mol. The van der Waals surface area contributed by atoms with Gasteiger partial charge in [0.1, 0.15) is 0 Å². The van der Waals surface area contributed by atoms with Gasteiger partial charge in [-0.2, -0.15) is 17.4 Å². The van der Waals surface area contributed by atoms with Crippen LogP contribution in [0.25, 0.3) is 0 Å². The highest BCUT2D eigenvalue weighted by Gasteiger charge is 2.42. The quantitative estimate of drug-likeness (QED) is 0.707. The molecule has 0 amide bonds. The number of esters is 1. The molecule has 7 heteroatoms. The van der Waals surface area contributed by atoms with Crippen molar-refractivity contribution < 1.29 is 17.9 Å². The zero-order valence-electron chi connectivity index (χ0n) is 10.0. The summed E-state index contributed by atoms with van der Waals surface area (Å²) in [6.45, 7) is 2.46. The van der Waals surface area contributed by atoms with Gasteiger partial charge in [0, 0.05) is 19.1 Å². The number of nitrogens with zero attached hydrogens (tertiary/aromatic N) is 1. The molecule has 2 fully saturated rings. The van der Waals surface area contributed by atoms with Crippen molar-refractivity contribution in [3.63, 3.8) is 0 Å². The lowest BCUT2D eigenvalue weighted by molar-refractivity contribution is -0.145. The normalized spacial score (nSPS) is 30.5. The Balaban J connectivity index is 2.02. The lowest BCUT2D eigenvalue weighted by Gasteiger charge is -2.16. The third-order valence-electron chi connectivity index (χ3n) is 3.32. The van der Waals surface area contributed by atoms with E-state index >= 15 is 0 Å². The molecule has 1 N–H and O–H groups in total. The molecule has 0 aromatic carbocycles. The van der Waals surface area contributed by atoms with E-state index in [0.29, 0.717) is 6.54 Å². The Kier molecular flexibility index (Phi) is 3.42. The molecule has 0 aromatic heterocycles. The first-order valence-corrected chi connectivity index (χ1v) is 7.23. The standard InChI is InChI=1S/C10H18N2O4S/c1-7-5-12(6-9(7)10(13)16-2)17(14,15)11-8-3-4-8/h7-9,11H,3-6H2,1-2H3. The minimum atomic E-state index is -3.43. The van der Waals surface area contributed by atoms with Crippen molar-refractivity contribution in [1.29, 1.82) is 0 Å². The van der Waals surface area contributed by atoms with Gasteiger partial charge in [-0.3, -0.25) is 4.79 Å². The Bertz CT molecular complexity index is 405. The zero-order valence-corrected chi connectivity index (χ0v) is 10.9. The maximum absolute atomic E-state index is 11.9. The molecule has 0 bridgehead atoms. The Morgan fingerprint density at radius 3 is 2.53 bits per heavy atom. The molecule has 0 aromatic rings. The number of rotatable bonds is 4. The number of ether oxygens (including phenoxy) is 1. The summed E-state index contributed by atoms with van der Waals surface area (Å²) in [5.41, 5.74) is 0. The first-order valence-electron chi connectivity index (χ1n) is 5.79. The van der Waals surface area contributed by atoms with E-state index in [1.165, 1.54) is 11.4 Å². The Morgan fingerprint density at radius 1 is 1.35 bits per heavy atom. The third-order valence-corrected chi connectivity index (χ3v) is 4.92. The van der Waals surface area contributed by atoms with Crippen LogP contribution in [0, 0.1) is 11.8 Å². The number of hydrogen-bond donors (Lipinski definition) is 1. The fourth-order valence-electron chi connectivity index (χ4n) is 2.06. The number of hydrogen-bond acceptors (Lipinski definition) is 4. The number of methoxy groups -OCH3 is 1.